The van der Waals surface area contributed by atoms with Crippen LogP contribution in [0.15, 0.2) is 42.6 Å². The van der Waals surface area contributed by atoms with E-state index in [1.807, 2.05) is 35.8 Å². The maximum Gasteiger partial charge on any atom is 0.248 e. The van der Waals surface area contributed by atoms with E-state index in [0.717, 1.165) is 55.0 Å². The lowest BCUT2D eigenvalue weighted by Crippen LogP contribution is -2.45. The molecule has 0 radical (unpaired) electrons. The van der Waals surface area contributed by atoms with Gasteiger partial charge in [0.05, 0.1) is 17.9 Å². The highest BCUT2D eigenvalue weighted by Crippen LogP contribution is 2.35. The maximum absolute atomic E-state index is 13.5. The number of halogens is 1. The molecule has 186 valence electrons. The van der Waals surface area contributed by atoms with Crippen molar-refractivity contribution < 1.29 is 19.1 Å². The van der Waals surface area contributed by atoms with Crippen molar-refractivity contribution in [3.05, 3.63) is 59.7 Å². The number of likely N-dealkylation sites (tertiary alicyclic amines) is 1. The van der Waals surface area contributed by atoms with E-state index in [-0.39, 0.29) is 23.8 Å². The normalized spacial score (nSPS) is 18.3. The van der Waals surface area contributed by atoms with Crippen LogP contribution in [0.5, 0.6) is 0 Å². The molecule has 2 aliphatic heterocycles. The summed E-state index contributed by atoms with van der Waals surface area (Å²) in [7, 11) is 0. The number of hydrogen-bond acceptors (Lipinski definition) is 6. The highest BCUT2D eigenvalue weighted by Gasteiger charge is 2.28. The zero-order valence-corrected chi connectivity index (χ0v) is 19.8. The number of benzene rings is 1. The summed E-state index contributed by atoms with van der Waals surface area (Å²) in [6, 6.07) is 11.2. The second kappa shape index (κ2) is 11.3. The summed E-state index contributed by atoms with van der Waals surface area (Å²) in [6.07, 6.45) is 6.15. The zero-order valence-electron chi connectivity index (χ0n) is 19.8. The summed E-state index contributed by atoms with van der Waals surface area (Å²) < 4.78 is 15.4. The molecule has 5 rings (SSSR count). The Morgan fingerprint density at radius 2 is 2.00 bits per heavy atom. The standard InChI is InChI=1S/C17H17FN4.C8H14N2O3/c1-12-11-19-16-7-8-17(20-22(12)16)21-9-3-6-15(21)13-4-2-5-14(18)10-13;11-5-8(13)10-3-1-7(2-4-10)9-6-12/h2,4-5,7-8,10-11,15H,3,6,9H2,1H3;6-7,11H,1-5H2,(H,9,12)/t15-;/m1./s1. The number of hydrogen-bond donors (Lipinski definition) is 2. The number of carbonyl (C=O) groups is 2. The van der Waals surface area contributed by atoms with Crippen LogP contribution in [0.3, 0.4) is 0 Å². The fraction of sp³-hybridized carbons (Fsp3) is 0.440. The summed E-state index contributed by atoms with van der Waals surface area (Å²) in [6.45, 7) is 3.74. The molecule has 2 amide bonds. The van der Waals surface area contributed by atoms with E-state index >= 15 is 0 Å². The molecule has 2 aromatic heterocycles. The molecule has 1 atom stereocenters. The number of carbonyl (C=O) groups excluding carboxylic acids is 2. The Balaban J connectivity index is 0.000000191. The van der Waals surface area contributed by atoms with Crippen LogP contribution in [0.4, 0.5) is 10.2 Å². The second-order valence-electron chi connectivity index (χ2n) is 8.87. The van der Waals surface area contributed by atoms with Crippen LogP contribution in [-0.2, 0) is 9.59 Å². The molecule has 0 bridgehead atoms. The van der Waals surface area contributed by atoms with E-state index in [1.165, 1.54) is 6.07 Å². The molecular weight excluding hydrogens is 451 g/mol. The molecule has 0 saturated carbocycles. The quantitative estimate of drug-likeness (QED) is 0.541. The van der Waals surface area contributed by atoms with Gasteiger partial charge in [-0.15, -0.1) is 5.10 Å². The molecule has 4 heterocycles. The van der Waals surface area contributed by atoms with E-state index in [1.54, 1.807) is 17.0 Å². The van der Waals surface area contributed by atoms with Gasteiger partial charge in [-0.1, -0.05) is 12.1 Å². The first-order valence-electron chi connectivity index (χ1n) is 11.9. The van der Waals surface area contributed by atoms with Crippen LogP contribution in [0.1, 0.15) is 43.0 Å². The Bertz CT molecular complexity index is 1160. The van der Waals surface area contributed by atoms with Gasteiger partial charge in [0.15, 0.2) is 5.65 Å². The number of imidazole rings is 1. The summed E-state index contributed by atoms with van der Waals surface area (Å²) in [5, 5.41) is 16.0. The summed E-state index contributed by atoms with van der Waals surface area (Å²) >= 11 is 0. The van der Waals surface area contributed by atoms with Crippen LogP contribution in [0, 0.1) is 12.7 Å². The van der Waals surface area contributed by atoms with Crippen molar-refractivity contribution in [3.63, 3.8) is 0 Å². The zero-order chi connectivity index (χ0) is 24.8. The van der Waals surface area contributed by atoms with Crippen molar-refractivity contribution in [3.8, 4) is 0 Å². The Morgan fingerprint density at radius 1 is 1.20 bits per heavy atom. The molecule has 3 aromatic rings. The predicted molar refractivity (Wildman–Crippen MR) is 129 cm³/mol. The van der Waals surface area contributed by atoms with Crippen LogP contribution in [0.25, 0.3) is 5.65 Å². The van der Waals surface area contributed by atoms with Gasteiger partial charge in [0.25, 0.3) is 0 Å². The third kappa shape index (κ3) is 5.76. The molecule has 2 saturated heterocycles. The van der Waals surface area contributed by atoms with Gasteiger partial charge < -0.3 is 20.2 Å². The number of nitrogens with zero attached hydrogens (tertiary/aromatic N) is 5. The number of piperidine rings is 1. The lowest BCUT2D eigenvalue weighted by atomic mass is 10.0. The van der Waals surface area contributed by atoms with E-state index in [4.69, 9.17) is 10.2 Å². The maximum atomic E-state index is 13.5. The Labute approximate surface area is 203 Å². The number of rotatable bonds is 5. The molecule has 0 spiro atoms. The number of aromatic nitrogens is 3. The van der Waals surface area contributed by atoms with Crippen LogP contribution in [0.2, 0.25) is 0 Å². The first kappa shape index (κ1) is 24.6. The fourth-order valence-corrected chi connectivity index (χ4v) is 4.72. The first-order chi connectivity index (χ1) is 17.0. The van der Waals surface area contributed by atoms with E-state index in [2.05, 4.69) is 15.2 Å². The van der Waals surface area contributed by atoms with Crippen LogP contribution in [-0.4, -0.2) is 69.2 Å². The topological polar surface area (TPSA) is 103 Å². The Morgan fingerprint density at radius 3 is 2.71 bits per heavy atom. The minimum Gasteiger partial charge on any atom is -0.387 e. The highest BCUT2D eigenvalue weighted by atomic mass is 19.1. The van der Waals surface area contributed by atoms with E-state index in [9.17, 15) is 14.0 Å². The largest absolute Gasteiger partial charge is 0.387 e. The van der Waals surface area contributed by atoms with Gasteiger partial charge in [-0.25, -0.2) is 13.9 Å². The molecule has 10 heteroatoms. The highest BCUT2D eigenvalue weighted by molar-refractivity contribution is 5.77. The van der Waals surface area contributed by atoms with Crippen molar-refractivity contribution in [2.75, 3.05) is 31.1 Å². The van der Waals surface area contributed by atoms with Crippen molar-refractivity contribution in [2.24, 2.45) is 0 Å². The number of amides is 2. The average Bonchev–Trinajstić information content (AvgIpc) is 3.52. The third-order valence-corrected chi connectivity index (χ3v) is 6.59. The van der Waals surface area contributed by atoms with Gasteiger partial charge in [0.1, 0.15) is 18.2 Å². The fourth-order valence-electron chi connectivity index (χ4n) is 4.72. The van der Waals surface area contributed by atoms with Gasteiger partial charge >= 0.3 is 0 Å². The SMILES string of the molecule is Cc1cnc2ccc(N3CCC[C@@H]3c3cccc(F)c3)nn12.O=CNC1CCN(C(=O)CO)CC1. The number of nitrogens with one attached hydrogen (secondary N) is 1. The molecule has 2 fully saturated rings. The number of aliphatic hydroxyl groups excluding tert-OH is 1. The lowest BCUT2D eigenvalue weighted by molar-refractivity contribution is -0.135. The summed E-state index contributed by atoms with van der Waals surface area (Å²) in [4.78, 5) is 29.3. The first-order valence-corrected chi connectivity index (χ1v) is 11.9. The number of anilines is 1. The van der Waals surface area contributed by atoms with Gasteiger partial charge in [-0.2, -0.15) is 0 Å². The molecular formula is C25H31FN6O3. The van der Waals surface area contributed by atoms with Gasteiger partial charge in [-0.05, 0) is 62.4 Å². The minimum atomic E-state index is -0.425. The molecule has 2 N–H and O–H groups in total. The Kier molecular flexibility index (Phi) is 7.91. The average molecular weight is 483 g/mol. The van der Waals surface area contributed by atoms with Crippen molar-refractivity contribution in [1.82, 2.24) is 24.8 Å². The number of aryl methyl sites for hydroxylation is 1. The second-order valence-corrected chi connectivity index (χ2v) is 8.87. The smallest absolute Gasteiger partial charge is 0.248 e. The van der Waals surface area contributed by atoms with Gasteiger partial charge in [0.2, 0.25) is 12.3 Å². The third-order valence-electron chi connectivity index (χ3n) is 6.59. The monoisotopic (exact) mass is 482 g/mol. The Hall–Kier alpha value is -3.53. The van der Waals surface area contributed by atoms with Crippen LogP contribution >= 0.6 is 0 Å². The number of fused-ring (bicyclic) bond motifs is 1. The van der Waals surface area contributed by atoms with Crippen LogP contribution < -0.4 is 10.2 Å². The van der Waals surface area contributed by atoms with E-state index < -0.39 is 6.61 Å². The van der Waals surface area contributed by atoms with E-state index in [0.29, 0.717) is 19.5 Å². The van der Waals surface area contributed by atoms with Crippen molar-refractivity contribution in [1.29, 1.82) is 0 Å². The lowest BCUT2D eigenvalue weighted by Gasteiger charge is -2.31. The molecule has 2 aliphatic rings. The van der Waals surface area contributed by atoms with Gasteiger partial charge in [0, 0.05) is 25.7 Å². The molecule has 35 heavy (non-hydrogen) atoms. The van der Waals surface area contributed by atoms with Gasteiger partial charge in [-0.3, -0.25) is 9.59 Å². The summed E-state index contributed by atoms with van der Waals surface area (Å²) in [5.74, 6) is 0.503. The van der Waals surface area contributed by atoms with Crippen molar-refractivity contribution in [2.45, 2.75) is 44.7 Å². The molecule has 1 aromatic carbocycles. The van der Waals surface area contributed by atoms with Crippen molar-refractivity contribution >= 4 is 23.8 Å². The number of aliphatic hydroxyl groups is 1. The molecule has 9 nitrogen and oxygen atoms in total. The minimum absolute atomic E-state index is 0.181. The summed E-state index contributed by atoms with van der Waals surface area (Å²) in [5.41, 5.74) is 2.88. The predicted octanol–water partition coefficient (Wildman–Crippen LogP) is 2.23. The molecule has 0 unspecified atom stereocenters. The molecule has 0 aliphatic carbocycles.